The first-order chi connectivity index (χ1) is 36.9. The molecule has 398 valence electrons. The highest BCUT2D eigenvalue weighted by Gasteiger charge is 2.28. The van der Waals surface area contributed by atoms with Crippen molar-refractivity contribution in [2.75, 3.05) is 73.3 Å². The number of nitrogens with one attached hydrogen (secondary N) is 4. The van der Waals surface area contributed by atoms with Crippen molar-refractivity contribution in [2.24, 2.45) is 0 Å². The van der Waals surface area contributed by atoms with Crippen LogP contribution in [0.2, 0.25) is 0 Å². The van der Waals surface area contributed by atoms with Crippen LogP contribution >= 0.6 is 0 Å². The van der Waals surface area contributed by atoms with Crippen LogP contribution in [-0.2, 0) is 16.1 Å². The molecule has 4 amide bonds. The molecule has 18 nitrogen and oxygen atoms in total. The fraction of sp³-hybridized carbons (Fsp3) is 0.273. The van der Waals surface area contributed by atoms with Crippen LogP contribution in [0.4, 0.5) is 40.3 Å². The first-order valence-corrected chi connectivity index (χ1v) is 24.8. The Hall–Kier alpha value is -9.08. The molecule has 0 spiro atoms. The highest BCUT2D eigenvalue weighted by atomic mass is 19.3. The van der Waals surface area contributed by atoms with Crippen molar-refractivity contribution in [3.05, 3.63) is 145 Å². The zero-order chi connectivity index (χ0) is 54.5. The number of amides is 4. The lowest BCUT2D eigenvalue weighted by Gasteiger charge is -2.35. The number of hydrogen-bond acceptors (Lipinski definition) is 10. The summed E-state index contributed by atoms with van der Waals surface area (Å²) in [6.07, 6.45) is 5.80. The molecule has 2 aliphatic heterocycles. The zero-order valence-corrected chi connectivity index (χ0v) is 42.9. The molecule has 6 heterocycles. The maximum Gasteiger partial charge on any atom is 0.273 e. The van der Waals surface area contributed by atoms with E-state index >= 15 is 0 Å². The fourth-order valence-corrected chi connectivity index (χ4v) is 8.95. The van der Waals surface area contributed by atoms with Gasteiger partial charge < -0.3 is 49.3 Å². The molecule has 0 bridgehead atoms. The van der Waals surface area contributed by atoms with E-state index in [1.165, 1.54) is 59.7 Å². The van der Waals surface area contributed by atoms with Crippen LogP contribution < -0.4 is 20.4 Å². The lowest BCUT2D eigenvalue weighted by Crippen LogP contribution is -2.48. The van der Waals surface area contributed by atoms with E-state index in [1.54, 1.807) is 49.5 Å². The number of halogens is 4. The van der Waals surface area contributed by atoms with Crippen LogP contribution in [0, 0.1) is 11.6 Å². The maximum absolute atomic E-state index is 13.9. The van der Waals surface area contributed by atoms with Crippen LogP contribution in [0.25, 0.3) is 45.6 Å². The number of likely N-dealkylation sites (N-methyl/N-ethyl adjacent to an activating group) is 1. The summed E-state index contributed by atoms with van der Waals surface area (Å²) in [5.41, 5.74) is 6.73. The molecule has 0 unspecified atom stereocenters. The summed E-state index contributed by atoms with van der Waals surface area (Å²) >= 11 is 0. The first kappa shape index (κ1) is 52.8. The van der Waals surface area contributed by atoms with Crippen LogP contribution in [0.1, 0.15) is 54.7 Å². The van der Waals surface area contributed by atoms with Gasteiger partial charge in [0.1, 0.15) is 34.4 Å². The molecule has 22 heteroatoms. The van der Waals surface area contributed by atoms with E-state index < -0.39 is 24.2 Å². The predicted molar refractivity (Wildman–Crippen MR) is 285 cm³/mol. The van der Waals surface area contributed by atoms with Crippen LogP contribution in [-0.4, -0.2) is 131 Å². The van der Waals surface area contributed by atoms with Crippen molar-refractivity contribution < 1.29 is 36.7 Å². The molecular formula is C55H56F4N14O4. The molecule has 4 aromatic carbocycles. The molecule has 4 aromatic heterocycles. The molecule has 2 saturated heterocycles. The average molecular weight is 1050 g/mol. The Kier molecular flexibility index (Phi) is 15.4. The third kappa shape index (κ3) is 12.4. The summed E-state index contributed by atoms with van der Waals surface area (Å²) in [6, 6.07) is 26.5. The Bertz CT molecular complexity index is 3370. The van der Waals surface area contributed by atoms with Crippen molar-refractivity contribution in [3.8, 4) is 45.6 Å². The Morgan fingerprint density at radius 3 is 1.58 bits per heavy atom. The van der Waals surface area contributed by atoms with Crippen molar-refractivity contribution in [3.63, 3.8) is 0 Å². The molecule has 2 fully saturated rings. The molecular weight excluding hydrogens is 997 g/mol. The minimum atomic E-state index is -3.03. The molecule has 0 radical (unpaired) electrons. The molecule has 4 N–H and O–H groups in total. The second kappa shape index (κ2) is 22.4. The number of H-pyrrole nitrogens is 2. The second-order valence-electron chi connectivity index (χ2n) is 19.1. The smallest absolute Gasteiger partial charge is 0.273 e. The van der Waals surface area contributed by atoms with Gasteiger partial charge in [-0.05, 0) is 111 Å². The van der Waals surface area contributed by atoms with Gasteiger partial charge in [-0.15, -0.1) is 0 Å². The predicted octanol–water partition coefficient (Wildman–Crippen LogP) is 8.85. The number of rotatable bonds is 13. The topological polar surface area (TPSA) is 198 Å². The Morgan fingerprint density at radius 1 is 0.636 bits per heavy atom. The van der Waals surface area contributed by atoms with E-state index in [2.05, 4.69) is 45.4 Å². The highest BCUT2D eigenvalue weighted by molar-refractivity contribution is 6.04. The van der Waals surface area contributed by atoms with Crippen LogP contribution in [0.5, 0.6) is 0 Å². The third-order valence-electron chi connectivity index (χ3n) is 13.1. The van der Waals surface area contributed by atoms with Gasteiger partial charge in [-0.3, -0.25) is 19.2 Å². The number of piperazine rings is 2. The Labute approximate surface area is 440 Å². The minimum absolute atomic E-state index is 0.0686. The lowest BCUT2D eigenvalue weighted by atomic mass is 10.1. The molecule has 8 aromatic rings. The number of alkyl halides is 2. The number of aromatic amines is 2. The Morgan fingerprint density at radius 2 is 1.10 bits per heavy atom. The van der Waals surface area contributed by atoms with E-state index in [-0.39, 0.29) is 46.8 Å². The van der Waals surface area contributed by atoms with Crippen LogP contribution in [0.15, 0.2) is 122 Å². The standard InChI is InChI=1S/C28H28F3N7O2.C27H28FN7O2/c1-18(39)36-11-13-37(14-12-36)22-9-7-21(8-10-22)34-27(40)23-15-32-26(35-23)25-24(19-3-5-20(29)6-4-19)33-17-38(25)16-28(2,30)31;1-17(2)35-16-30-24(18-4-6-19(28)7-5-18)25(35)26-29-14-22(32-26)27(37)31-20-8-10-21(11-9-20)34-13-12-33(3)23(36)15-34/h3-10,15,17H,11-14,16H2,1-2H3,(H,32,35)(H,34,40);4-11,14,16-17H,12-13,15H2,1-3H3,(H,29,32)(H,31,37). The number of carbonyl (C=O) groups excluding carboxylic acids is 4. The van der Waals surface area contributed by atoms with E-state index in [9.17, 15) is 36.7 Å². The van der Waals surface area contributed by atoms with Crippen molar-refractivity contribution in [1.29, 1.82) is 0 Å². The summed E-state index contributed by atoms with van der Waals surface area (Å²) < 4.78 is 58.0. The molecule has 0 saturated carbocycles. The van der Waals surface area contributed by atoms with Crippen molar-refractivity contribution >= 4 is 46.4 Å². The van der Waals surface area contributed by atoms with Gasteiger partial charge in [0, 0.05) is 100 Å². The monoisotopic (exact) mass is 1050 g/mol. The molecule has 0 aliphatic carbocycles. The number of anilines is 4. The number of aromatic nitrogens is 8. The number of carbonyl (C=O) groups is 4. The van der Waals surface area contributed by atoms with Crippen LogP contribution in [0.3, 0.4) is 0 Å². The average Bonchev–Trinajstić information content (AvgIpc) is 4.25. The number of benzene rings is 4. The van der Waals surface area contributed by atoms with Gasteiger partial charge in [0.25, 0.3) is 17.7 Å². The summed E-state index contributed by atoms with van der Waals surface area (Å²) in [7, 11) is 1.80. The minimum Gasteiger partial charge on any atom is -0.368 e. The van der Waals surface area contributed by atoms with Gasteiger partial charge in [0.2, 0.25) is 11.8 Å². The van der Waals surface area contributed by atoms with E-state index in [0.29, 0.717) is 71.7 Å². The number of imidazole rings is 4. The highest BCUT2D eigenvalue weighted by Crippen LogP contribution is 2.34. The van der Waals surface area contributed by atoms with Gasteiger partial charge in [-0.2, -0.15) is 0 Å². The molecule has 2 aliphatic rings. The summed E-state index contributed by atoms with van der Waals surface area (Å²) in [4.78, 5) is 80.8. The van der Waals surface area contributed by atoms with E-state index in [0.717, 1.165) is 43.5 Å². The van der Waals surface area contributed by atoms with Gasteiger partial charge in [-0.25, -0.2) is 37.5 Å². The van der Waals surface area contributed by atoms with Gasteiger partial charge in [0.05, 0.1) is 49.5 Å². The summed E-state index contributed by atoms with van der Waals surface area (Å²) in [5.74, 6) is -3.77. The number of nitrogens with zero attached hydrogens (tertiary/aromatic N) is 10. The molecule has 0 atom stereocenters. The molecule has 10 rings (SSSR count). The van der Waals surface area contributed by atoms with Crippen molar-refractivity contribution in [1.82, 2.24) is 48.8 Å². The normalized spacial score (nSPS) is 13.9. The fourth-order valence-electron chi connectivity index (χ4n) is 8.95. The van der Waals surface area contributed by atoms with E-state index in [1.807, 2.05) is 64.6 Å². The largest absolute Gasteiger partial charge is 0.368 e. The summed E-state index contributed by atoms with van der Waals surface area (Å²) in [6.45, 7) is 10.3. The Balaban J connectivity index is 0.000000188. The maximum atomic E-state index is 13.9. The first-order valence-electron chi connectivity index (χ1n) is 24.8. The zero-order valence-electron chi connectivity index (χ0n) is 42.9. The van der Waals surface area contributed by atoms with Crippen molar-refractivity contribution in [2.45, 2.75) is 46.2 Å². The van der Waals surface area contributed by atoms with Gasteiger partial charge >= 0.3 is 0 Å². The SMILES string of the molecule is CC(=O)N1CCN(c2ccc(NC(=O)c3cnc(-c4c(-c5ccc(F)cc5)ncn4CC(C)(F)F)[nH]3)cc2)CC1.CC(C)n1cnc(-c2ccc(F)cc2)c1-c1ncc(C(=O)Nc2ccc(N3CCN(C)C(=O)C3)cc2)[nH]1. The quantitative estimate of drug-likeness (QED) is 0.0810. The second-order valence-corrected chi connectivity index (χ2v) is 19.1. The summed E-state index contributed by atoms with van der Waals surface area (Å²) in [5, 5.41) is 5.69. The number of hydrogen-bond donors (Lipinski definition) is 4. The third-order valence-corrected chi connectivity index (χ3v) is 13.1. The van der Waals surface area contributed by atoms with Gasteiger partial charge in [0.15, 0.2) is 11.6 Å². The van der Waals surface area contributed by atoms with Gasteiger partial charge in [-0.1, -0.05) is 0 Å². The molecule has 77 heavy (non-hydrogen) atoms. The lowest BCUT2D eigenvalue weighted by molar-refractivity contribution is -0.130. The van der Waals surface area contributed by atoms with E-state index in [4.69, 9.17) is 0 Å².